The van der Waals surface area contributed by atoms with E-state index >= 15 is 0 Å². The summed E-state index contributed by atoms with van der Waals surface area (Å²) in [4.78, 5) is 34.5. The van der Waals surface area contributed by atoms with Crippen LogP contribution < -0.4 is 16.0 Å². The van der Waals surface area contributed by atoms with Gasteiger partial charge in [0.25, 0.3) is 0 Å². The van der Waals surface area contributed by atoms with Crippen LogP contribution in [-0.4, -0.2) is 54.5 Å². The molecule has 0 saturated carbocycles. The zero-order chi connectivity index (χ0) is 21.0. The predicted octanol–water partition coefficient (Wildman–Crippen LogP) is 1.87. The van der Waals surface area contributed by atoms with Crippen LogP contribution in [0.5, 0.6) is 0 Å². The van der Waals surface area contributed by atoms with E-state index in [9.17, 15) is 14.4 Å². The Morgan fingerprint density at radius 3 is 2.36 bits per heavy atom. The van der Waals surface area contributed by atoms with Crippen LogP contribution in [-0.2, 0) is 20.9 Å². The summed E-state index contributed by atoms with van der Waals surface area (Å²) in [5.74, 6) is -1.17. The first-order valence-electron chi connectivity index (χ1n) is 9.05. The highest BCUT2D eigenvalue weighted by molar-refractivity contribution is 5.80. The molecule has 0 aromatic heterocycles. The largest absolute Gasteiger partial charge is 0.480 e. The molecule has 0 aliphatic carbocycles. The average molecular weight is 395 g/mol. The smallest absolute Gasteiger partial charge is 0.408 e. The molecule has 0 bridgehead atoms. The summed E-state index contributed by atoms with van der Waals surface area (Å²) in [5.41, 5.74) is 0.193. The molecule has 0 unspecified atom stereocenters. The van der Waals surface area contributed by atoms with Crippen molar-refractivity contribution >= 4 is 18.2 Å². The lowest BCUT2D eigenvalue weighted by molar-refractivity contribution is -0.139. The maximum absolute atomic E-state index is 11.7. The van der Waals surface area contributed by atoms with Gasteiger partial charge in [0.1, 0.15) is 18.2 Å². The lowest BCUT2D eigenvalue weighted by Crippen LogP contribution is -2.49. The highest BCUT2D eigenvalue weighted by atomic mass is 16.6. The third-order valence-electron chi connectivity index (χ3n) is 3.35. The minimum Gasteiger partial charge on any atom is -0.480 e. The Morgan fingerprint density at radius 1 is 1.07 bits per heavy atom. The van der Waals surface area contributed by atoms with Crippen molar-refractivity contribution < 1.29 is 29.0 Å². The Labute approximate surface area is 164 Å². The number of amides is 2. The molecule has 28 heavy (non-hydrogen) atoms. The molecule has 4 N–H and O–H groups in total. The second kappa shape index (κ2) is 11.8. The predicted molar refractivity (Wildman–Crippen MR) is 103 cm³/mol. The number of hydrogen-bond donors (Lipinski definition) is 4. The Morgan fingerprint density at radius 2 is 1.75 bits per heavy atom. The number of carboxylic acid groups (broad SMARTS) is 1. The summed E-state index contributed by atoms with van der Waals surface area (Å²) in [6.45, 7) is 6.14. The van der Waals surface area contributed by atoms with Gasteiger partial charge in [-0.15, -0.1) is 0 Å². The van der Waals surface area contributed by atoms with Gasteiger partial charge in [0.05, 0.1) is 0 Å². The van der Waals surface area contributed by atoms with E-state index in [2.05, 4.69) is 16.0 Å². The van der Waals surface area contributed by atoms with E-state index in [1.807, 2.05) is 30.3 Å². The number of nitrogens with one attached hydrogen (secondary N) is 3. The van der Waals surface area contributed by atoms with Gasteiger partial charge < -0.3 is 30.5 Å². The fraction of sp³-hybridized carbons (Fsp3) is 0.526. The summed E-state index contributed by atoms with van der Waals surface area (Å²) in [5, 5.41) is 17.0. The average Bonchev–Trinajstić information content (AvgIpc) is 2.61. The van der Waals surface area contributed by atoms with Crippen molar-refractivity contribution in [3.05, 3.63) is 35.9 Å². The first-order valence-corrected chi connectivity index (χ1v) is 9.05. The van der Waals surface area contributed by atoms with Gasteiger partial charge in [-0.3, -0.25) is 0 Å². The monoisotopic (exact) mass is 395 g/mol. The highest BCUT2D eigenvalue weighted by Crippen LogP contribution is 2.06. The van der Waals surface area contributed by atoms with Gasteiger partial charge in [0.15, 0.2) is 0 Å². The zero-order valence-corrected chi connectivity index (χ0v) is 16.5. The Hall–Kier alpha value is -2.81. The topological polar surface area (TPSA) is 126 Å². The van der Waals surface area contributed by atoms with E-state index in [1.165, 1.54) is 0 Å². The van der Waals surface area contributed by atoms with Gasteiger partial charge in [-0.25, -0.2) is 14.4 Å². The fourth-order valence-corrected chi connectivity index (χ4v) is 2.07. The van der Waals surface area contributed by atoms with Crippen LogP contribution in [0.2, 0.25) is 0 Å². The first kappa shape index (κ1) is 23.2. The summed E-state index contributed by atoms with van der Waals surface area (Å²) in [7, 11) is 0. The molecule has 0 fully saturated rings. The van der Waals surface area contributed by atoms with Crippen LogP contribution >= 0.6 is 0 Å². The molecule has 0 radical (unpaired) electrons. The number of ether oxygens (including phenoxy) is 2. The van der Waals surface area contributed by atoms with Crippen molar-refractivity contribution in [1.29, 1.82) is 0 Å². The van der Waals surface area contributed by atoms with Crippen LogP contribution in [0, 0.1) is 0 Å². The van der Waals surface area contributed by atoms with Crippen molar-refractivity contribution in [2.45, 2.75) is 45.4 Å². The molecule has 1 rings (SSSR count). The number of rotatable bonds is 10. The van der Waals surface area contributed by atoms with Crippen molar-refractivity contribution in [1.82, 2.24) is 16.0 Å². The second-order valence-corrected chi connectivity index (χ2v) is 7.08. The molecule has 1 aromatic carbocycles. The van der Waals surface area contributed by atoms with E-state index in [4.69, 9.17) is 14.6 Å². The molecule has 0 saturated heterocycles. The van der Waals surface area contributed by atoms with E-state index in [-0.39, 0.29) is 13.2 Å². The molecule has 0 heterocycles. The fourth-order valence-electron chi connectivity index (χ4n) is 2.07. The molecule has 9 nitrogen and oxygen atoms in total. The van der Waals surface area contributed by atoms with Crippen LogP contribution in [0.4, 0.5) is 9.59 Å². The minimum absolute atomic E-state index is 0.0348. The Kier molecular flexibility index (Phi) is 9.80. The van der Waals surface area contributed by atoms with Gasteiger partial charge >= 0.3 is 18.2 Å². The Bertz CT molecular complexity index is 630. The number of alkyl carbamates (subject to hydrolysis) is 2. The van der Waals surface area contributed by atoms with Gasteiger partial charge in [-0.1, -0.05) is 30.3 Å². The number of carboxylic acids is 1. The summed E-state index contributed by atoms with van der Waals surface area (Å²) < 4.78 is 10.1. The normalized spacial score (nSPS) is 12.0. The number of benzene rings is 1. The molecule has 2 amide bonds. The molecular weight excluding hydrogens is 366 g/mol. The molecule has 9 heteroatoms. The van der Waals surface area contributed by atoms with Crippen molar-refractivity contribution in [2.75, 3.05) is 19.6 Å². The van der Waals surface area contributed by atoms with Gasteiger partial charge in [-0.2, -0.15) is 0 Å². The van der Waals surface area contributed by atoms with Crippen molar-refractivity contribution in [3.63, 3.8) is 0 Å². The van der Waals surface area contributed by atoms with Crippen LogP contribution in [0.25, 0.3) is 0 Å². The molecule has 0 aliphatic rings. The number of carbonyl (C=O) groups is 3. The van der Waals surface area contributed by atoms with Gasteiger partial charge in [-0.05, 0) is 39.3 Å². The van der Waals surface area contributed by atoms with Crippen molar-refractivity contribution in [2.24, 2.45) is 0 Å². The number of carbonyl (C=O) groups excluding carboxylic acids is 2. The lowest BCUT2D eigenvalue weighted by Gasteiger charge is -2.22. The standard InChI is InChI=1S/C19H29N3O6/c1-19(2,3)28-18(26)22-15(16(23)24)12-20-10-7-11-21-17(25)27-13-14-8-5-4-6-9-14/h4-6,8-9,15,20H,7,10-13H2,1-3H3,(H,21,25)(H,22,26)(H,23,24)/t15-/m0/s1. The molecular formula is C19H29N3O6. The maximum atomic E-state index is 11.7. The minimum atomic E-state index is -1.17. The molecule has 1 atom stereocenters. The van der Waals surface area contributed by atoms with E-state index < -0.39 is 29.8 Å². The quantitative estimate of drug-likeness (QED) is 0.446. The summed E-state index contributed by atoms with van der Waals surface area (Å²) in [6, 6.07) is 8.23. The highest BCUT2D eigenvalue weighted by Gasteiger charge is 2.23. The third kappa shape index (κ3) is 11.0. The summed E-state index contributed by atoms with van der Waals surface area (Å²) >= 11 is 0. The van der Waals surface area contributed by atoms with Gasteiger partial charge in [0, 0.05) is 13.1 Å². The van der Waals surface area contributed by atoms with Gasteiger partial charge in [0.2, 0.25) is 0 Å². The second-order valence-electron chi connectivity index (χ2n) is 7.08. The molecule has 156 valence electrons. The molecule has 0 aliphatic heterocycles. The van der Waals surface area contributed by atoms with Crippen molar-refractivity contribution in [3.8, 4) is 0 Å². The SMILES string of the molecule is CC(C)(C)OC(=O)N[C@@H](CNCCCNC(=O)OCc1ccccc1)C(=O)O. The molecule has 0 spiro atoms. The molecule has 1 aromatic rings. The summed E-state index contributed by atoms with van der Waals surface area (Å²) in [6.07, 6.45) is -0.734. The van der Waals surface area contributed by atoms with Crippen LogP contribution in [0.3, 0.4) is 0 Å². The number of hydrogen-bond acceptors (Lipinski definition) is 6. The van der Waals surface area contributed by atoms with E-state index in [1.54, 1.807) is 20.8 Å². The third-order valence-corrected chi connectivity index (χ3v) is 3.35. The zero-order valence-electron chi connectivity index (χ0n) is 16.5. The van der Waals surface area contributed by atoms with E-state index in [0.29, 0.717) is 19.5 Å². The van der Waals surface area contributed by atoms with Crippen LogP contribution in [0.1, 0.15) is 32.8 Å². The first-order chi connectivity index (χ1) is 13.2. The van der Waals surface area contributed by atoms with Crippen LogP contribution in [0.15, 0.2) is 30.3 Å². The number of aliphatic carboxylic acids is 1. The van der Waals surface area contributed by atoms with E-state index in [0.717, 1.165) is 5.56 Å². The maximum Gasteiger partial charge on any atom is 0.408 e. The Balaban J connectivity index is 2.15. The lowest BCUT2D eigenvalue weighted by atomic mass is 10.2.